The lowest BCUT2D eigenvalue weighted by atomic mass is 10.1. The predicted molar refractivity (Wildman–Crippen MR) is 108 cm³/mol. The van der Waals surface area contributed by atoms with Crippen molar-refractivity contribution < 1.29 is 9.90 Å². The molecule has 1 aromatic heterocycles. The molecule has 0 spiro atoms. The number of benzene rings is 1. The van der Waals surface area contributed by atoms with Crippen LogP contribution in [0.15, 0.2) is 40.5 Å². The average molecular weight is 390 g/mol. The van der Waals surface area contributed by atoms with E-state index in [4.69, 9.17) is 10.7 Å². The fourth-order valence-corrected chi connectivity index (χ4v) is 3.59. The van der Waals surface area contributed by atoms with Crippen LogP contribution in [0, 0.1) is 0 Å². The minimum atomic E-state index is -0.386. The van der Waals surface area contributed by atoms with Gasteiger partial charge in [0.1, 0.15) is 29.8 Å². The molecule has 1 amide bonds. The van der Waals surface area contributed by atoms with E-state index in [0.717, 1.165) is 5.56 Å². The van der Waals surface area contributed by atoms with E-state index in [1.165, 1.54) is 0 Å². The first-order valence-corrected chi connectivity index (χ1v) is 9.13. The highest BCUT2D eigenvalue weighted by molar-refractivity contribution is 6.43. The summed E-state index contributed by atoms with van der Waals surface area (Å²) in [5, 5.41) is 14.3. The molecule has 29 heavy (non-hydrogen) atoms. The van der Waals surface area contributed by atoms with Crippen molar-refractivity contribution >= 4 is 34.8 Å². The number of hydrazine groups is 1. The summed E-state index contributed by atoms with van der Waals surface area (Å²) in [6, 6.07) is 7.00. The van der Waals surface area contributed by atoms with E-state index in [9.17, 15) is 9.90 Å². The van der Waals surface area contributed by atoms with Crippen LogP contribution in [-0.2, 0) is 11.2 Å². The monoisotopic (exact) mass is 390 g/mol. The lowest BCUT2D eigenvalue weighted by Gasteiger charge is -2.22. The smallest absolute Gasteiger partial charge is 0.233 e. The van der Waals surface area contributed by atoms with Gasteiger partial charge in [-0.2, -0.15) is 0 Å². The average Bonchev–Trinajstić information content (AvgIpc) is 3.26. The Morgan fingerprint density at radius 2 is 2.21 bits per heavy atom. The standard InChI is InChI=1S/C19H18N8O2/c1-9-14-15(20)24-16(25-17(14)26-19(9)29)13-7-27-18(21-8-22-27)12(23-13)6-10-3-2-4-11(28)5-10/h2-5,7,9,22,28H,6,8H2,1H3,(H3,20,24,25,26,29)/t9-/m1/s1. The fourth-order valence-electron chi connectivity index (χ4n) is 3.59. The Morgan fingerprint density at radius 1 is 1.34 bits per heavy atom. The Kier molecular flexibility index (Phi) is 3.81. The molecule has 0 bridgehead atoms. The minimum Gasteiger partial charge on any atom is -0.508 e. The zero-order chi connectivity index (χ0) is 20.1. The second-order valence-corrected chi connectivity index (χ2v) is 6.99. The van der Waals surface area contributed by atoms with Gasteiger partial charge in [0, 0.05) is 12.0 Å². The summed E-state index contributed by atoms with van der Waals surface area (Å²) in [6.45, 7) is 2.20. The van der Waals surface area contributed by atoms with Crippen molar-refractivity contribution in [3.63, 3.8) is 0 Å². The summed E-state index contributed by atoms with van der Waals surface area (Å²) in [6.07, 6.45) is 2.22. The van der Waals surface area contributed by atoms with Gasteiger partial charge in [0.15, 0.2) is 11.7 Å². The molecule has 0 fully saturated rings. The second-order valence-electron chi connectivity index (χ2n) is 6.99. The van der Waals surface area contributed by atoms with E-state index in [0.29, 0.717) is 47.5 Å². The molecule has 1 aromatic carbocycles. The number of nitrogens with one attached hydrogen (secondary N) is 2. The van der Waals surface area contributed by atoms with Crippen LogP contribution in [0.2, 0.25) is 0 Å². The number of amides is 1. The Labute approximate surface area is 165 Å². The third kappa shape index (κ3) is 2.90. The summed E-state index contributed by atoms with van der Waals surface area (Å²) in [5.74, 6) is 1.35. The fraction of sp³-hybridized carbons (Fsp3) is 0.211. The van der Waals surface area contributed by atoms with Crippen molar-refractivity contribution in [3.8, 4) is 5.75 Å². The van der Waals surface area contributed by atoms with Gasteiger partial charge in [-0.25, -0.2) is 25.4 Å². The number of nitrogens with zero attached hydrogens (tertiary/aromatic N) is 5. The third-order valence-electron chi connectivity index (χ3n) is 5.02. The number of amidine groups is 1. The molecule has 4 heterocycles. The Hall–Kier alpha value is -3.79. The largest absolute Gasteiger partial charge is 0.508 e. The number of aliphatic imine (C=N–C) groups is 2. The quantitative estimate of drug-likeness (QED) is 0.612. The summed E-state index contributed by atoms with van der Waals surface area (Å²) >= 11 is 0. The second kappa shape index (κ2) is 6.38. The van der Waals surface area contributed by atoms with Gasteiger partial charge in [-0.15, -0.1) is 0 Å². The first-order valence-electron chi connectivity index (χ1n) is 9.13. The number of fused-ring (bicyclic) bond motifs is 2. The summed E-state index contributed by atoms with van der Waals surface area (Å²) < 4.78 is 0. The van der Waals surface area contributed by atoms with Gasteiger partial charge in [0.2, 0.25) is 5.91 Å². The van der Waals surface area contributed by atoms with E-state index >= 15 is 0 Å². The molecule has 146 valence electrons. The maximum absolute atomic E-state index is 12.0. The highest BCUT2D eigenvalue weighted by Crippen LogP contribution is 2.35. The van der Waals surface area contributed by atoms with E-state index in [2.05, 4.69) is 25.7 Å². The number of aromatic nitrogens is 2. The molecule has 2 aromatic rings. The molecule has 0 saturated heterocycles. The van der Waals surface area contributed by atoms with Gasteiger partial charge >= 0.3 is 0 Å². The number of carbonyl (C=O) groups is 1. The van der Waals surface area contributed by atoms with Gasteiger partial charge in [-0.3, -0.25) is 9.80 Å². The number of nitrogen functional groups attached to an aromatic ring is 1. The SMILES string of the molecule is C[C@H]1C(=O)Nc2nc(C3=CN4NCN=C4C(Cc4cccc(O)c4)=N3)nc(N)c21. The number of hydrogen-bond donors (Lipinski definition) is 4. The van der Waals surface area contributed by atoms with Crippen molar-refractivity contribution in [3.05, 3.63) is 47.4 Å². The maximum Gasteiger partial charge on any atom is 0.233 e. The van der Waals surface area contributed by atoms with Crippen molar-refractivity contribution in [1.29, 1.82) is 0 Å². The number of rotatable bonds is 3. The molecule has 3 aliphatic rings. The summed E-state index contributed by atoms with van der Waals surface area (Å²) in [5.41, 5.74) is 12.0. The molecule has 0 radical (unpaired) electrons. The van der Waals surface area contributed by atoms with Gasteiger partial charge in [-0.1, -0.05) is 12.1 Å². The van der Waals surface area contributed by atoms with Crippen molar-refractivity contribution in [1.82, 2.24) is 20.4 Å². The predicted octanol–water partition coefficient (Wildman–Crippen LogP) is 0.992. The molecule has 0 saturated carbocycles. The lowest BCUT2D eigenvalue weighted by molar-refractivity contribution is -0.116. The van der Waals surface area contributed by atoms with Gasteiger partial charge in [-0.05, 0) is 24.6 Å². The van der Waals surface area contributed by atoms with E-state index in [1.807, 2.05) is 6.07 Å². The van der Waals surface area contributed by atoms with Gasteiger partial charge in [0.05, 0.1) is 17.8 Å². The number of carbonyl (C=O) groups excluding carboxylic acids is 1. The molecular formula is C19H18N8O2. The van der Waals surface area contributed by atoms with Crippen LogP contribution in [-0.4, -0.2) is 44.2 Å². The maximum atomic E-state index is 12.0. The summed E-state index contributed by atoms with van der Waals surface area (Å²) in [4.78, 5) is 30.0. The third-order valence-corrected chi connectivity index (χ3v) is 5.02. The topological polar surface area (TPSA) is 141 Å². The van der Waals surface area contributed by atoms with E-state index < -0.39 is 0 Å². The van der Waals surface area contributed by atoms with Crippen molar-refractivity contribution in [2.45, 2.75) is 19.3 Å². The van der Waals surface area contributed by atoms with Gasteiger partial charge < -0.3 is 16.2 Å². The Bertz CT molecular complexity index is 1140. The first-order chi connectivity index (χ1) is 14.0. The highest BCUT2D eigenvalue weighted by atomic mass is 16.3. The molecule has 5 N–H and O–H groups in total. The van der Waals surface area contributed by atoms with Crippen LogP contribution in [0.4, 0.5) is 11.6 Å². The number of hydrogen-bond acceptors (Lipinski definition) is 9. The van der Waals surface area contributed by atoms with Crippen molar-refractivity contribution in [2.24, 2.45) is 9.98 Å². The minimum absolute atomic E-state index is 0.153. The normalized spacial score (nSPS) is 19.9. The molecule has 1 atom stereocenters. The zero-order valence-corrected chi connectivity index (χ0v) is 15.5. The molecule has 10 heteroatoms. The first kappa shape index (κ1) is 17.3. The van der Waals surface area contributed by atoms with Gasteiger partial charge in [0.25, 0.3) is 0 Å². The highest BCUT2D eigenvalue weighted by Gasteiger charge is 2.33. The summed E-state index contributed by atoms with van der Waals surface area (Å²) in [7, 11) is 0. The van der Waals surface area contributed by atoms with E-state index in [-0.39, 0.29) is 23.4 Å². The molecule has 0 unspecified atom stereocenters. The molecule has 3 aliphatic heterocycles. The lowest BCUT2D eigenvalue weighted by Crippen LogP contribution is -2.39. The van der Waals surface area contributed by atoms with Crippen LogP contribution < -0.4 is 16.5 Å². The molecule has 10 nitrogen and oxygen atoms in total. The Morgan fingerprint density at radius 3 is 3.03 bits per heavy atom. The number of nitrogens with two attached hydrogens (primary N) is 1. The van der Waals surface area contributed by atoms with Crippen LogP contribution in [0.3, 0.4) is 0 Å². The molecular weight excluding hydrogens is 372 g/mol. The number of anilines is 2. The molecule has 5 rings (SSSR count). The van der Waals surface area contributed by atoms with Crippen LogP contribution >= 0.6 is 0 Å². The van der Waals surface area contributed by atoms with Crippen LogP contribution in [0.1, 0.15) is 29.8 Å². The number of phenolic OH excluding ortho intramolecular Hbond substituents is 1. The van der Waals surface area contributed by atoms with E-state index in [1.54, 1.807) is 36.3 Å². The zero-order valence-electron chi connectivity index (χ0n) is 15.5. The Balaban J connectivity index is 1.55. The van der Waals surface area contributed by atoms with Crippen LogP contribution in [0.5, 0.6) is 5.75 Å². The number of aromatic hydroxyl groups is 1. The molecule has 0 aliphatic carbocycles. The number of phenols is 1. The van der Waals surface area contributed by atoms with Crippen LogP contribution in [0.25, 0.3) is 5.70 Å². The van der Waals surface area contributed by atoms with Crippen molar-refractivity contribution in [2.75, 3.05) is 17.7 Å².